The highest BCUT2D eigenvalue weighted by atomic mass is 16.2. The van der Waals surface area contributed by atoms with Crippen molar-refractivity contribution in [1.82, 2.24) is 19.9 Å². The largest absolute Gasteiger partial charge is 0.335 e. The van der Waals surface area contributed by atoms with Crippen molar-refractivity contribution < 1.29 is 4.79 Å². The Balaban J connectivity index is 1.49. The molecule has 1 aromatic carbocycles. The van der Waals surface area contributed by atoms with E-state index in [1.807, 2.05) is 17.0 Å². The van der Waals surface area contributed by atoms with Crippen LogP contribution in [0.15, 0.2) is 54.9 Å². The van der Waals surface area contributed by atoms with Gasteiger partial charge in [0.2, 0.25) is 5.82 Å². The van der Waals surface area contributed by atoms with Crippen LogP contribution in [0.4, 0.5) is 0 Å². The third-order valence-electron chi connectivity index (χ3n) is 5.98. The van der Waals surface area contributed by atoms with Gasteiger partial charge in [-0.2, -0.15) is 0 Å². The molecule has 3 atom stereocenters. The van der Waals surface area contributed by atoms with Gasteiger partial charge < -0.3 is 4.90 Å². The Morgan fingerprint density at radius 3 is 2.32 bits per heavy atom. The molecule has 28 heavy (non-hydrogen) atoms. The highest BCUT2D eigenvalue weighted by molar-refractivity contribution is 5.90. The predicted molar refractivity (Wildman–Crippen MR) is 108 cm³/mol. The van der Waals surface area contributed by atoms with Gasteiger partial charge in [-0.05, 0) is 67.7 Å². The van der Waals surface area contributed by atoms with E-state index in [9.17, 15) is 4.79 Å². The molecule has 0 unspecified atom stereocenters. The van der Waals surface area contributed by atoms with Gasteiger partial charge in [-0.1, -0.05) is 30.3 Å². The second-order valence-corrected chi connectivity index (χ2v) is 7.87. The Morgan fingerprint density at radius 1 is 0.929 bits per heavy atom. The number of aromatic nitrogens is 3. The molecular weight excluding hydrogens is 348 g/mol. The fraction of sp³-hybridized carbons (Fsp3) is 0.391. The number of aryl methyl sites for hydroxylation is 2. The van der Waals surface area contributed by atoms with Crippen molar-refractivity contribution in [3.63, 3.8) is 0 Å². The van der Waals surface area contributed by atoms with Crippen LogP contribution in [0.25, 0.3) is 0 Å². The number of rotatable bonds is 2. The molecule has 0 radical (unpaired) electrons. The van der Waals surface area contributed by atoms with Gasteiger partial charge in [-0.3, -0.25) is 4.79 Å². The Kier molecular flexibility index (Phi) is 5.33. The maximum absolute atomic E-state index is 13.0. The molecule has 2 aliphatic rings. The average Bonchev–Trinajstić information content (AvgIpc) is 3.25. The number of amides is 1. The topological polar surface area (TPSA) is 59.0 Å². The molecule has 1 saturated heterocycles. The van der Waals surface area contributed by atoms with Gasteiger partial charge in [0.25, 0.3) is 5.91 Å². The van der Waals surface area contributed by atoms with Gasteiger partial charge in [0.05, 0.1) is 0 Å². The lowest BCUT2D eigenvalue weighted by Crippen LogP contribution is -2.31. The summed E-state index contributed by atoms with van der Waals surface area (Å²) in [5, 5.41) is 0. The molecule has 2 heterocycles. The minimum Gasteiger partial charge on any atom is -0.335 e. The van der Waals surface area contributed by atoms with Gasteiger partial charge in [0.1, 0.15) is 5.82 Å². The summed E-state index contributed by atoms with van der Waals surface area (Å²) in [6.45, 7) is 5.57. The number of carbonyl (C=O) groups excluding carboxylic acids is 1. The molecule has 1 amide bonds. The molecule has 2 fully saturated rings. The summed E-state index contributed by atoms with van der Waals surface area (Å²) in [6.07, 6.45) is 5.60. The average molecular weight is 374 g/mol. The van der Waals surface area contributed by atoms with E-state index < -0.39 is 0 Å². The summed E-state index contributed by atoms with van der Waals surface area (Å²) in [6, 6.07) is 14.1. The molecule has 0 spiro atoms. The molecule has 1 saturated carbocycles. The molecule has 2 aromatic rings. The van der Waals surface area contributed by atoms with Crippen LogP contribution >= 0.6 is 0 Å². The van der Waals surface area contributed by atoms with Gasteiger partial charge >= 0.3 is 0 Å². The Bertz CT molecular complexity index is 914. The van der Waals surface area contributed by atoms with E-state index in [-0.39, 0.29) is 11.7 Å². The van der Waals surface area contributed by atoms with Crippen molar-refractivity contribution in [2.45, 2.75) is 32.6 Å². The standard InChI is InChI=1S/C23H26N4O/c1-16-8-4-5-9-21(16)18-12-19-14-27(15-20(19)13-18)23(28)22-25-11-7-3-6-10-24-17(2)26-22/h3-11,18-20H,12-15H2,1-2H3/t18-,19-,20+. The van der Waals surface area contributed by atoms with Crippen molar-refractivity contribution in [1.29, 1.82) is 0 Å². The van der Waals surface area contributed by atoms with E-state index in [1.165, 1.54) is 11.1 Å². The number of hydrogen-bond acceptors (Lipinski definition) is 4. The number of likely N-dealkylation sites (tertiary alicyclic amines) is 1. The van der Waals surface area contributed by atoms with E-state index in [1.54, 1.807) is 25.4 Å². The fourth-order valence-electron chi connectivity index (χ4n) is 4.65. The highest BCUT2D eigenvalue weighted by Crippen LogP contribution is 2.46. The second kappa shape index (κ2) is 8.05. The van der Waals surface area contributed by atoms with Crippen LogP contribution in [0, 0.1) is 25.7 Å². The zero-order valence-corrected chi connectivity index (χ0v) is 16.5. The first-order valence-electron chi connectivity index (χ1n) is 9.95. The van der Waals surface area contributed by atoms with Crippen molar-refractivity contribution in [3.8, 4) is 0 Å². The molecule has 1 aliphatic carbocycles. The minimum absolute atomic E-state index is 0.0920. The van der Waals surface area contributed by atoms with Gasteiger partial charge in [0, 0.05) is 25.5 Å². The Morgan fingerprint density at radius 2 is 1.61 bits per heavy atom. The van der Waals surface area contributed by atoms with Gasteiger partial charge in [-0.25, -0.2) is 15.0 Å². The van der Waals surface area contributed by atoms with Crippen LogP contribution in [0.3, 0.4) is 0 Å². The summed E-state index contributed by atoms with van der Waals surface area (Å²) in [5.41, 5.74) is 2.85. The summed E-state index contributed by atoms with van der Waals surface area (Å²) in [5.74, 6) is 2.41. The normalized spacial score (nSPS) is 23.2. The number of hydrogen-bond donors (Lipinski definition) is 0. The van der Waals surface area contributed by atoms with Crippen LogP contribution in [0.2, 0.25) is 0 Å². The first kappa shape index (κ1) is 18.5. The third kappa shape index (κ3) is 3.88. The van der Waals surface area contributed by atoms with Crippen molar-refractivity contribution in [2.75, 3.05) is 13.1 Å². The Labute approximate surface area is 166 Å². The van der Waals surface area contributed by atoms with Crippen LogP contribution in [-0.4, -0.2) is 38.8 Å². The van der Waals surface area contributed by atoms with E-state index in [4.69, 9.17) is 0 Å². The molecule has 1 aliphatic heterocycles. The first-order valence-corrected chi connectivity index (χ1v) is 9.95. The number of fused-ring (bicyclic) bond motifs is 1. The SMILES string of the molecule is Cc1ncccccnc(C(=O)N2C[C@H]3C[C@@H](c4ccccc4C)C[C@H]3C2)n1. The first-order chi connectivity index (χ1) is 13.6. The van der Waals surface area contributed by atoms with Crippen LogP contribution in [-0.2, 0) is 0 Å². The van der Waals surface area contributed by atoms with E-state index in [2.05, 4.69) is 46.1 Å². The highest BCUT2D eigenvalue weighted by Gasteiger charge is 2.43. The maximum Gasteiger partial charge on any atom is 0.291 e. The maximum atomic E-state index is 13.0. The van der Waals surface area contributed by atoms with Crippen LogP contribution < -0.4 is 0 Å². The monoisotopic (exact) mass is 374 g/mol. The van der Waals surface area contributed by atoms with Crippen molar-refractivity contribution in [2.24, 2.45) is 11.8 Å². The number of nitrogens with zero attached hydrogens (tertiary/aromatic N) is 4. The lowest BCUT2D eigenvalue weighted by atomic mass is 9.92. The minimum atomic E-state index is -0.0920. The molecule has 0 N–H and O–H groups in total. The van der Waals surface area contributed by atoms with Crippen molar-refractivity contribution in [3.05, 3.63) is 77.6 Å². The molecule has 144 valence electrons. The second-order valence-electron chi connectivity index (χ2n) is 7.87. The quantitative estimate of drug-likeness (QED) is 0.800. The molecule has 4 rings (SSSR count). The van der Waals surface area contributed by atoms with Crippen LogP contribution in [0.1, 0.15) is 46.3 Å². The molecular formula is C23H26N4O. The predicted octanol–water partition coefficient (Wildman–Crippen LogP) is 3.88. The number of benzene rings is 1. The summed E-state index contributed by atoms with van der Waals surface area (Å²) in [7, 11) is 0. The smallest absolute Gasteiger partial charge is 0.291 e. The fourth-order valence-corrected chi connectivity index (χ4v) is 4.65. The van der Waals surface area contributed by atoms with Gasteiger partial charge in [-0.15, -0.1) is 0 Å². The lowest BCUT2D eigenvalue weighted by molar-refractivity contribution is 0.0767. The zero-order valence-electron chi connectivity index (χ0n) is 16.5. The Hall–Kier alpha value is -2.82. The van der Waals surface area contributed by atoms with E-state index >= 15 is 0 Å². The van der Waals surface area contributed by atoms with E-state index in [0.29, 0.717) is 23.6 Å². The molecule has 0 bridgehead atoms. The summed E-state index contributed by atoms with van der Waals surface area (Å²) in [4.78, 5) is 27.8. The summed E-state index contributed by atoms with van der Waals surface area (Å²) < 4.78 is 0. The van der Waals surface area contributed by atoms with Crippen molar-refractivity contribution >= 4 is 5.91 Å². The lowest BCUT2D eigenvalue weighted by Gasteiger charge is -2.19. The van der Waals surface area contributed by atoms with Gasteiger partial charge in [0.15, 0.2) is 0 Å². The number of carbonyl (C=O) groups is 1. The molecule has 5 nitrogen and oxygen atoms in total. The van der Waals surface area contributed by atoms with E-state index in [0.717, 1.165) is 25.9 Å². The zero-order chi connectivity index (χ0) is 19.5. The van der Waals surface area contributed by atoms with Crippen LogP contribution in [0.5, 0.6) is 0 Å². The molecule has 1 aromatic heterocycles. The summed E-state index contributed by atoms with van der Waals surface area (Å²) >= 11 is 0. The third-order valence-corrected chi connectivity index (χ3v) is 5.98. The molecule has 5 heteroatoms.